The largest absolute Gasteiger partial charge is 0.477 e. The van der Waals surface area contributed by atoms with Crippen LogP contribution in [0.25, 0.3) is 0 Å². The van der Waals surface area contributed by atoms with Gasteiger partial charge in [-0.05, 0) is 19.9 Å². The van der Waals surface area contributed by atoms with E-state index in [0.29, 0.717) is 18.1 Å². The van der Waals surface area contributed by atoms with Crippen LogP contribution in [-0.4, -0.2) is 24.3 Å². The number of halogens is 1. The van der Waals surface area contributed by atoms with Gasteiger partial charge >= 0.3 is 0 Å². The number of ether oxygens (including phenoxy) is 2. The van der Waals surface area contributed by atoms with E-state index in [1.54, 1.807) is 13.2 Å². The van der Waals surface area contributed by atoms with E-state index in [-0.39, 0.29) is 10.8 Å². The van der Waals surface area contributed by atoms with Crippen molar-refractivity contribution in [2.24, 2.45) is 0 Å². The first-order chi connectivity index (χ1) is 7.96. The Kier molecular flexibility index (Phi) is 4.73. The van der Waals surface area contributed by atoms with Gasteiger partial charge in [-0.2, -0.15) is 5.26 Å². The van der Waals surface area contributed by atoms with Crippen LogP contribution in [0.1, 0.15) is 25.8 Å². The average molecular weight is 255 g/mol. The topological polar surface area (TPSA) is 55.1 Å². The summed E-state index contributed by atoms with van der Waals surface area (Å²) in [6.07, 6.45) is 0.722. The maximum absolute atomic E-state index is 8.77. The van der Waals surface area contributed by atoms with E-state index in [2.05, 4.69) is 4.98 Å². The molecule has 0 spiro atoms. The van der Waals surface area contributed by atoms with Crippen LogP contribution in [0, 0.1) is 11.3 Å². The van der Waals surface area contributed by atoms with Gasteiger partial charge in [-0.3, -0.25) is 0 Å². The normalized spacial score (nSPS) is 11.0. The molecule has 0 amide bonds. The molecule has 4 nitrogen and oxygen atoms in total. The predicted octanol–water partition coefficient (Wildman–Crippen LogP) is 2.80. The molecule has 5 heteroatoms. The SMILES string of the molecule is COC(C)(C)CCOc1cc(C#N)cc(Cl)n1. The summed E-state index contributed by atoms with van der Waals surface area (Å²) in [6.45, 7) is 4.41. The van der Waals surface area contributed by atoms with Crippen LogP contribution in [0.3, 0.4) is 0 Å². The summed E-state index contributed by atoms with van der Waals surface area (Å²) in [6, 6.07) is 5.05. The molecule has 0 fully saturated rings. The summed E-state index contributed by atoms with van der Waals surface area (Å²) in [5, 5.41) is 9.02. The Morgan fingerprint density at radius 3 is 2.76 bits per heavy atom. The summed E-state index contributed by atoms with van der Waals surface area (Å²) in [5.74, 6) is 0.362. The number of pyridine rings is 1. The van der Waals surface area contributed by atoms with Gasteiger partial charge in [0.2, 0.25) is 5.88 Å². The Morgan fingerprint density at radius 1 is 1.47 bits per heavy atom. The van der Waals surface area contributed by atoms with Gasteiger partial charge in [-0.25, -0.2) is 4.98 Å². The molecule has 1 heterocycles. The number of aromatic nitrogens is 1. The van der Waals surface area contributed by atoms with Crippen molar-refractivity contribution in [3.05, 3.63) is 22.8 Å². The molecule has 0 aliphatic heterocycles. The molecule has 0 N–H and O–H groups in total. The molecule has 1 rings (SSSR count). The fourth-order valence-electron chi connectivity index (χ4n) is 1.11. The number of nitrogens with zero attached hydrogens (tertiary/aromatic N) is 2. The molecule has 92 valence electrons. The van der Waals surface area contributed by atoms with Crippen LogP contribution in [0.2, 0.25) is 5.15 Å². The Bertz CT molecular complexity index is 427. The maximum atomic E-state index is 8.77. The van der Waals surface area contributed by atoms with Crippen molar-refractivity contribution in [3.8, 4) is 11.9 Å². The third-order valence-electron chi connectivity index (χ3n) is 2.41. The van der Waals surface area contributed by atoms with Crippen molar-refractivity contribution in [3.63, 3.8) is 0 Å². The lowest BCUT2D eigenvalue weighted by molar-refractivity contribution is 0.00509. The third kappa shape index (κ3) is 4.59. The molecule has 0 bridgehead atoms. The van der Waals surface area contributed by atoms with E-state index in [1.807, 2.05) is 19.9 Å². The second-order valence-corrected chi connectivity index (χ2v) is 4.58. The van der Waals surface area contributed by atoms with E-state index >= 15 is 0 Å². The first-order valence-corrected chi connectivity index (χ1v) is 5.60. The molecular weight excluding hydrogens is 240 g/mol. The molecule has 1 aromatic heterocycles. The highest BCUT2D eigenvalue weighted by atomic mass is 35.5. The van der Waals surface area contributed by atoms with Gasteiger partial charge in [0, 0.05) is 19.6 Å². The number of hydrogen-bond donors (Lipinski definition) is 0. The first-order valence-electron chi connectivity index (χ1n) is 5.22. The molecule has 0 aliphatic rings. The molecule has 1 aromatic rings. The van der Waals surface area contributed by atoms with Crippen molar-refractivity contribution in [1.29, 1.82) is 5.26 Å². The first kappa shape index (κ1) is 13.8. The monoisotopic (exact) mass is 254 g/mol. The fraction of sp³-hybridized carbons (Fsp3) is 0.500. The summed E-state index contributed by atoms with van der Waals surface area (Å²) in [7, 11) is 1.66. The van der Waals surface area contributed by atoms with E-state index < -0.39 is 0 Å². The molecule has 0 aromatic carbocycles. The molecule has 0 aliphatic carbocycles. The zero-order chi connectivity index (χ0) is 12.9. The number of rotatable bonds is 5. The van der Waals surface area contributed by atoms with Gasteiger partial charge in [-0.15, -0.1) is 0 Å². The lowest BCUT2D eigenvalue weighted by atomic mass is 10.1. The van der Waals surface area contributed by atoms with Gasteiger partial charge in [-0.1, -0.05) is 11.6 Å². The van der Waals surface area contributed by atoms with Gasteiger partial charge < -0.3 is 9.47 Å². The summed E-state index contributed by atoms with van der Waals surface area (Å²) >= 11 is 5.76. The molecule has 0 radical (unpaired) electrons. The Hall–Kier alpha value is -1.31. The molecule has 0 atom stereocenters. The van der Waals surface area contributed by atoms with E-state index in [4.69, 9.17) is 26.3 Å². The van der Waals surface area contributed by atoms with Crippen LogP contribution < -0.4 is 4.74 Å². The average Bonchev–Trinajstić information content (AvgIpc) is 2.28. The number of nitriles is 1. The third-order valence-corrected chi connectivity index (χ3v) is 2.60. The summed E-state index contributed by atoms with van der Waals surface area (Å²) in [5.41, 5.74) is 0.197. The zero-order valence-electron chi connectivity index (χ0n) is 10.2. The van der Waals surface area contributed by atoms with Gasteiger partial charge in [0.05, 0.1) is 23.8 Å². The van der Waals surface area contributed by atoms with Gasteiger partial charge in [0.25, 0.3) is 0 Å². The van der Waals surface area contributed by atoms with Crippen molar-refractivity contribution in [2.75, 3.05) is 13.7 Å². The van der Waals surface area contributed by atoms with Gasteiger partial charge in [0.15, 0.2) is 0 Å². The Labute approximate surface area is 106 Å². The minimum absolute atomic E-state index is 0.239. The van der Waals surface area contributed by atoms with Crippen LogP contribution in [-0.2, 0) is 4.74 Å². The quantitative estimate of drug-likeness (QED) is 0.758. The minimum atomic E-state index is -0.239. The highest BCUT2D eigenvalue weighted by Crippen LogP contribution is 2.18. The Morgan fingerprint density at radius 2 is 2.18 bits per heavy atom. The Balaban J connectivity index is 2.58. The van der Waals surface area contributed by atoms with Crippen molar-refractivity contribution in [1.82, 2.24) is 4.98 Å². The molecule has 0 saturated heterocycles. The lowest BCUT2D eigenvalue weighted by Gasteiger charge is -2.22. The molecule has 0 unspecified atom stereocenters. The summed E-state index contributed by atoms with van der Waals surface area (Å²) in [4.78, 5) is 3.98. The van der Waals surface area contributed by atoms with E-state index in [0.717, 1.165) is 6.42 Å². The standard InChI is InChI=1S/C12H15ClN2O2/c1-12(2,16-3)4-5-17-11-7-9(8-14)6-10(13)15-11/h6-7H,4-5H2,1-3H3. The predicted molar refractivity (Wildman–Crippen MR) is 65.2 cm³/mol. The number of methoxy groups -OCH3 is 1. The highest BCUT2D eigenvalue weighted by molar-refractivity contribution is 6.29. The van der Waals surface area contributed by atoms with Crippen LogP contribution in [0.15, 0.2) is 12.1 Å². The highest BCUT2D eigenvalue weighted by Gasteiger charge is 2.16. The van der Waals surface area contributed by atoms with E-state index in [9.17, 15) is 0 Å². The van der Waals surface area contributed by atoms with E-state index in [1.165, 1.54) is 6.07 Å². The second kappa shape index (κ2) is 5.85. The van der Waals surface area contributed by atoms with Crippen molar-refractivity contribution in [2.45, 2.75) is 25.9 Å². The minimum Gasteiger partial charge on any atom is -0.477 e. The van der Waals surface area contributed by atoms with Crippen LogP contribution in [0.5, 0.6) is 5.88 Å². The summed E-state index contributed by atoms with van der Waals surface area (Å²) < 4.78 is 10.7. The van der Waals surface area contributed by atoms with Gasteiger partial charge in [0.1, 0.15) is 5.15 Å². The van der Waals surface area contributed by atoms with Crippen LogP contribution in [0.4, 0.5) is 0 Å². The fourth-order valence-corrected chi connectivity index (χ4v) is 1.32. The van der Waals surface area contributed by atoms with Crippen molar-refractivity contribution < 1.29 is 9.47 Å². The maximum Gasteiger partial charge on any atom is 0.215 e. The van der Waals surface area contributed by atoms with Crippen LogP contribution >= 0.6 is 11.6 Å². The molecule has 0 saturated carbocycles. The van der Waals surface area contributed by atoms with Crippen molar-refractivity contribution >= 4 is 11.6 Å². The molecular formula is C12H15ClN2O2. The second-order valence-electron chi connectivity index (χ2n) is 4.19. The molecule has 17 heavy (non-hydrogen) atoms. The smallest absolute Gasteiger partial charge is 0.215 e. The number of hydrogen-bond acceptors (Lipinski definition) is 4. The lowest BCUT2D eigenvalue weighted by Crippen LogP contribution is -2.25. The zero-order valence-corrected chi connectivity index (χ0v) is 10.9.